The number of carbonyl (C=O) groups is 2. The smallest absolute Gasteiger partial charge is 0.243 e. The number of rotatable bonds is 8. The first-order valence-corrected chi connectivity index (χ1v) is 10.6. The summed E-state index contributed by atoms with van der Waals surface area (Å²) in [4.78, 5) is 26.4. The van der Waals surface area contributed by atoms with Crippen LogP contribution in [-0.4, -0.2) is 44.5 Å². The minimum atomic E-state index is -0.452. The predicted molar refractivity (Wildman–Crippen MR) is 110 cm³/mol. The van der Waals surface area contributed by atoms with Crippen molar-refractivity contribution < 1.29 is 14.3 Å². The second kappa shape index (κ2) is 7.83. The van der Waals surface area contributed by atoms with Crippen molar-refractivity contribution in [3.8, 4) is 0 Å². The Kier molecular flexibility index (Phi) is 7.07. The van der Waals surface area contributed by atoms with Gasteiger partial charge in [0.1, 0.15) is 0 Å². The Bertz CT molecular complexity index is 532. The van der Waals surface area contributed by atoms with E-state index in [-0.39, 0.29) is 32.8 Å². The maximum absolute atomic E-state index is 12.7. The van der Waals surface area contributed by atoms with Crippen molar-refractivity contribution in [2.45, 2.75) is 110 Å². The molecule has 0 N–H and O–H groups in total. The van der Waals surface area contributed by atoms with Crippen molar-refractivity contribution in [2.24, 2.45) is 5.41 Å². The SMILES string of the molecule is CCC(C)(C)C(C)(C)OCCC(C)(C)SC1CC(=O)N(C(C)(C)C)C1=O. The molecule has 0 aromatic rings. The van der Waals surface area contributed by atoms with Gasteiger partial charge >= 0.3 is 0 Å². The molecule has 0 bridgehead atoms. The van der Waals surface area contributed by atoms with Gasteiger partial charge in [-0.2, -0.15) is 0 Å². The number of hydrogen-bond acceptors (Lipinski definition) is 4. The zero-order chi connectivity index (χ0) is 20.6. The third-order valence-corrected chi connectivity index (χ3v) is 7.41. The minimum Gasteiger partial charge on any atom is -0.375 e. The number of amides is 2. The van der Waals surface area contributed by atoms with Crippen molar-refractivity contribution in [1.82, 2.24) is 4.90 Å². The Balaban J connectivity index is 2.65. The Morgan fingerprint density at radius 1 is 1.04 bits per heavy atom. The molecule has 1 aliphatic heterocycles. The Morgan fingerprint density at radius 3 is 2.00 bits per heavy atom. The maximum atomic E-state index is 12.7. The molecule has 2 amide bonds. The molecule has 1 fully saturated rings. The van der Waals surface area contributed by atoms with E-state index in [1.54, 1.807) is 11.8 Å². The van der Waals surface area contributed by atoms with Crippen LogP contribution in [0.1, 0.15) is 88.5 Å². The summed E-state index contributed by atoms with van der Waals surface area (Å²) in [6.45, 7) is 21.6. The average Bonchev–Trinajstić information content (AvgIpc) is 2.71. The summed E-state index contributed by atoms with van der Waals surface area (Å²) >= 11 is 1.61. The molecule has 0 aromatic carbocycles. The second-order valence-corrected chi connectivity index (χ2v) is 12.1. The van der Waals surface area contributed by atoms with Crippen molar-refractivity contribution >= 4 is 23.6 Å². The van der Waals surface area contributed by atoms with Crippen LogP contribution >= 0.6 is 11.8 Å². The lowest BCUT2D eigenvalue weighted by molar-refractivity contribution is -0.143. The van der Waals surface area contributed by atoms with Crippen LogP contribution < -0.4 is 0 Å². The van der Waals surface area contributed by atoms with Gasteiger partial charge in [0.05, 0.1) is 10.9 Å². The highest BCUT2D eigenvalue weighted by molar-refractivity contribution is 8.02. The van der Waals surface area contributed by atoms with Gasteiger partial charge in [-0.25, -0.2) is 0 Å². The minimum absolute atomic E-state index is 0.0473. The van der Waals surface area contributed by atoms with Crippen LogP contribution in [0.15, 0.2) is 0 Å². The summed E-state index contributed by atoms with van der Waals surface area (Å²) in [6.07, 6.45) is 2.20. The predicted octanol–water partition coefficient (Wildman–Crippen LogP) is 5.05. The molecule has 1 rings (SSSR count). The first kappa shape index (κ1) is 23.5. The summed E-state index contributed by atoms with van der Waals surface area (Å²) in [5, 5.41) is -0.281. The fourth-order valence-electron chi connectivity index (χ4n) is 3.02. The first-order valence-electron chi connectivity index (χ1n) is 9.73. The van der Waals surface area contributed by atoms with Gasteiger partial charge in [-0.3, -0.25) is 14.5 Å². The molecule has 5 heteroatoms. The quantitative estimate of drug-likeness (QED) is 0.549. The molecule has 1 aliphatic rings. The van der Waals surface area contributed by atoms with Gasteiger partial charge in [-0.15, -0.1) is 11.8 Å². The molecule has 0 aliphatic carbocycles. The maximum Gasteiger partial charge on any atom is 0.243 e. The first-order chi connectivity index (χ1) is 11.5. The van der Waals surface area contributed by atoms with Crippen LogP contribution in [0, 0.1) is 5.41 Å². The number of likely N-dealkylation sites (tertiary alicyclic amines) is 1. The van der Waals surface area contributed by atoms with Gasteiger partial charge in [-0.05, 0) is 52.9 Å². The van der Waals surface area contributed by atoms with Crippen molar-refractivity contribution in [3.05, 3.63) is 0 Å². The largest absolute Gasteiger partial charge is 0.375 e. The van der Waals surface area contributed by atoms with E-state index in [1.807, 2.05) is 20.8 Å². The summed E-state index contributed by atoms with van der Waals surface area (Å²) in [5.74, 6) is -0.105. The summed E-state index contributed by atoms with van der Waals surface area (Å²) < 4.78 is 6.11. The van der Waals surface area contributed by atoms with Crippen molar-refractivity contribution in [2.75, 3.05) is 6.61 Å². The molecule has 1 unspecified atom stereocenters. The fourth-order valence-corrected chi connectivity index (χ4v) is 4.42. The highest BCUT2D eigenvalue weighted by Gasteiger charge is 2.46. The zero-order valence-electron chi connectivity index (χ0n) is 18.5. The summed E-state index contributed by atoms with van der Waals surface area (Å²) in [6, 6.07) is 0. The number of imide groups is 1. The van der Waals surface area contributed by atoms with Crippen LogP contribution in [0.4, 0.5) is 0 Å². The van der Waals surface area contributed by atoms with E-state index >= 15 is 0 Å². The number of ether oxygens (including phenoxy) is 1. The molecular formula is C21H39NO3S. The van der Waals surface area contributed by atoms with E-state index in [2.05, 4.69) is 48.5 Å². The second-order valence-electron chi connectivity index (χ2n) is 10.2. The van der Waals surface area contributed by atoms with E-state index in [0.29, 0.717) is 13.0 Å². The lowest BCUT2D eigenvalue weighted by Crippen LogP contribution is -2.46. The van der Waals surface area contributed by atoms with Crippen molar-refractivity contribution in [1.29, 1.82) is 0 Å². The molecule has 1 atom stereocenters. The zero-order valence-corrected chi connectivity index (χ0v) is 19.3. The number of hydrogen-bond donors (Lipinski definition) is 0. The molecule has 0 radical (unpaired) electrons. The van der Waals surface area contributed by atoms with E-state index < -0.39 is 5.54 Å². The van der Waals surface area contributed by atoms with Crippen molar-refractivity contribution in [3.63, 3.8) is 0 Å². The normalized spacial score (nSPS) is 20.2. The molecule has 0 aromatic heterocycles. The fraction of sp³-hybridized carbons (Fsp3) is 0.905. The summed E-state index contributed by atoms with van der Waals surface area (Å²) in [5.41, 5.74) is -0.553. The molecule has 1 heterocycles. The highest BCUT2D eigenvalue weighted by atomic mass is 32.2. The van der Waals surface area contributed by atoms with Gasteiger partial charge in [0.25, 0.3) is 0 Å². The molecule has 152 valence electrons. The molecular weight excluding hydrogens is 346 g/mol. The van der Waals surface area contributed by atoms with Crippen LogP contribution in [0.5, 0.6) is 0 Å². The van der Waals surface area contributed by atoms with Crippen LogP contribution in [-0.2, 0) is 14.3 Å². The lowest BCUT2D eigenvalue weighted by Gasteiger charge is -2.41. The van der Waals surface area contributed by atoms with E-state index in [1.165, 1.54) is 4.90 Å². The van der Waals surface area contributed by atoms with Gasteiger partial charge in [0.15, 0.2) is 0 Å². The molecule has 4 nitrogen and oxygen atoms in total. The molecule has 26 heavy (non-hydrogen) atoms. The Labute approximate surface area is 164 Å². The van der Waals surface area contributed by atoms with E-state index in [4.69, 9.17) is 4.74 Å². The van der Waals surface area contributed by atoms with Crippen LogP contribution in [0.25, 0.3) is 0 Å². The molecule has 0 spiro atoms. The van der Waals surface area contributed by atoms with E-state index in [0.717, 1.165) is 12.8 Å². The van der Waals surface area contributed by atoms with Crippen LogP contribution in [0.3, 0.4) is 0 Å². The standard InChI is InChI=1S/C21H39NO3S/c1-11-19(5,6)21(9,10)25-13-12-20(7,8)26-15-14-16(23)22(17(15)24)18(2,3)4/h15H,11-14H2,1-10H3. The Morgan fingerprint density at radius 2 is 1.58 bits per heavy atom. The van der Waals surface area contributed by atoms with Gasteiger partial charge in [0.2, 0.25) is 11.8 Å². The Hall–Kier alpha value is -0.550. The average molecular weight is 386 g/mol. The van der Waals surface area contributed by atoms with Gasteiger partial charge < -0.3 is 4.74 Å². The topological polar surface area (TPSA) is 46.6 Å². The van der Waals surface area contributed by atoms with Gasteiger partial charge in [-0.1, -0.05) is 34.6 Å². The monoisotopic (exact) mass is 385 g/mol. The third kappa shape index (κ3) is 5.48. The van der Waals surface area contributed by atoms with Crippen LogP contribution in [0.2, 0.25) is 0 Å². The molecule has 0 saturated carbocycles. The third-order valence-electron chi connectivity index (χ3n) is 5.92. The number of carbonyl (C=O) groups excluding carboxylic acids is 2. The highest BCUT2D eigenvalue weighted by Crippen LogP contribution is 2.40. The number of nitrogens with zero attached hydrogens (tertiary/aromatic N) is 1. The van der Waals surface area contributed by atoms with E-state index in [9.17, 15) is 9.59 Å². The molecule has 1 saturated heterocycles. The van der Waals surface area contributed by atoms with Gasteiger partial charge in [0, 0.05) is 23.3 Å². The summed E-state index contributed by atoms with van der Waals surface area (Å²) in [7, 11) is 0. The lowest BCUT2D eigenvalue weighted by atomic mass is 9.75. The number of thioether (sulfide) groups is 1.